The van der Waals surface area contributed by atoms with Crippen molar-refractivity contribution in [2.45, 2.75) is 45.8 Å². The van der Waals surface area contributed by atoms with Gasteiger partial charge in [-0.1, -0.05) is 27.2 Å². The Morgan fingerprint density at radius 3 is 2.20 bits per heavy atom. The Balaban J connectivity index is 4.28. The molecule has 0 spiro atoms. The zero-order chi connectivity index (χ0) is 12.0. The Hall–Kier alpha value is -1.10. The molecule has 2 unspecified atom stereocenters. The summed E-state index contributed by atoms with van der Waals surface area (Å²) in [6, 6.07) is 0. The smallest absolute Gasteiger partial charge is 0.345 e. The molecule has 0 aromatic heterocycles. The standard InChI is InChI=1S/C10H18O5/c1-4-5-7(9(12)13)15-10(14)8(11)6(2)3/h6-8,11H,4-5H2,1-3H3,(H,12,13). The molecular formula is C10H18O5. The Morgan fingerprint density at radius 2 is 1.87 bits per heavy atom. The van der Waals surface area contributed by atoms with Gasteiger partial charge in [0.25, 0.3) is 0 Å². The normalized spacial score (nSPS) is 14.7. The first-order valence-corrected chi connectivity index (χ1v) is 5.01. The van der Waals surface area contributed by atoms with Crippen LogP contribution >= 0.6 is 0 Å². The lowest BCUT2D eigenvalue weighted by Crippen LogP contribution is -2.35. The number of rotatable bonds is 6. The summed E-state index contributed by atoms with van der Waals surface area (Å²) in [4.78, 5) is 21.9. The second-order valence-corrected chi connectivity index (χ2v) is 3.74. The fraction of sp³-hybridized carbons (Fsp3) is 0.800. The first-order chi connectivity index (χ1) is 6.90. The topological polar surface area (TPSA) is 83.8 Å². The molecule has 0 aliphatic rings. The number of carbonyl (C=O) groups excluding carboxylic acids is 1. The van der Waals surface area contributed by atoms with Crippen molar-refractivity contribution in [2.24, 2.45) is 5.92 Å². The molecule has 88 valence electrons. The van der Waals surface area contributed by atoms with E-state index in [4.69, 9.17) is 5.11 Å². The molecule has 2 N–H and O–H groups in total. The van der Waals surface area contributed by atoms with Crippen LogP contribution in [0.1, 0.15) is 33.6 Å². The predicted molar refractivity (Wildman–Crippen MR) is 53.3 cm³/mol. The van der Waals surface area contributed by atoms with Crippen LogP contribution in [0.25, 0.3) is 0 Å². The van der Waals surface area contributed by atoms with Gasteiger partial charge in [-0.25, -0.2) is 9.59 Å². The van der Waals surface area contributed by atoms with Crippen LogP contribution in [0.15, 0.2) is 0 Å². The minimum atomic E-state index is -1.26. The summed E-state index contributed by atoms with van der Waals surface area (Å²) in [5, 5.41) is 18.0. The third-order valence-electron chi connectivity index (χ3n) is 1.96. The summed E-state index contributed by atoms with van der Waals surface area (Å²) in [5.74, 6) is -2.33. The van der Waals surface area contributed by atoms with E-state index in [0.29, 0.717) is 6.42 Å². The van der Waals surface area contributed by atoms with E-state index in [1.165, 1.54) is 0 Å². The van der Waals surface area contributed by atoms with Gasteiger partial charge in [0.15, 0.2) is 12.2 Å². The van der Waals surface area contributed by atoms with Gasteiger partial charge in [-0.3, -0.25) is 0 Å². The zero-order valence-electron chi connectivity index (χ0n) is 9.27. The fourth-order valence-electron chi connectivity index (χ4n) is 0.977. The van der Waals surface area contributed by atoms with Gasteiger partial charge < -0.3 is 14.9 Å². The molecule has 0 saturated carbocycles. The summed E-state index contributed by atoms with van der Waals surface area (Å²) >= 11 is 0. The van der Waals surface area contributed by atoms with Crippen molar-refractivity contribution >= 4 is 11.9 Å². The molecule has 0 aliphatic carbocycles. The average Bonchev–Trinajstić information content (AvgIpc) is 2.15. The number of aliphatic hydroxyl groups excluding tert-OH is 1. The van der Waals surface area contributed by atoms with E-state index in [-0.39, 0.29) is 12.3 Å². The van der Waals surface area contributed by atoms with Crippen molar-refractivity contribution in [3.63, 3.8) is 0 Å². The first kappa shape index (κ1) is 13.9. The zero-order valence-corrected chi connectivity index (χ0v) is 9.27. The number of carboxylic acid groups (broad SMARTS) is 1. The van der Waals surface area contributed by atoms with E-state index in [1.54, 1.807) is 20.8 Å². The van der Waals surface area contributed by atoms with E-state index >= 15 is 0 Å². The second kappa shape index (κ2) is 6.40. The van der Waals surface area contributed by atoms with E-state index in [0.717, 1.165) is 0 Å². The lowest BCUT2D eigenvalue weighted by molar-refractivity contribution is -0.172. The van der Waals surface area contributed by atoms with Crippen molar-refractivity contribution in [3.05, 3.63) is 0 Å². The molecular weight excluding hydrogens is 200 g/mol. The molecule has 0 rings (SSSR count). The van der Waals surface area contributed by atoms with Crippen molar-refractivity contribution < 1.29 is 24.5 Å². The molecule has 15 heavy (non-hydrogen) atoms. The molecule has 5 heteroatoms. The number of hydrogen-bond acceptors (Lipinski definition) is 4. The third kappa shape index (κ3) is 4.78. The van der Waals surface area contributed by atoms with Gasteiger partial charge in [0.1, 0.15) is 0 Å². The van der Waals surface area contributed by atoms with Crippen LogP contribution in [-0.2, 0) is 14.3 Å². The quantitative estimate of drug-likeness (QED) is 0.644. The van der Waals surface area contributed by atoms with E-state index < -0.39 is 24.1 Å². The number of aliphatic hydroxyl groups is 1. The Bertz CT molecular complexity index is 224. The molecule has 2 atom stereocenters. The number of aliphatic carboxylic acids is 1. The number of ether oxygens (including phenoxy) is 1. The van der Waals surface area contributed by atoms with Crippen LogP contribution in [0, 0.1) is 5.92 Å². The van der Waals surface area contributed by atoms with Crippen molar-refractivity contribution in [1.29, 1.82) is 0 Å². The van der Waals surface area contributed by atoms with Crippen LogP contribution in [0.3, 0.4) is 0 Å². The fourth-order valence-corrected chi connectivity index (χ4v) is 0.977. The summed E-state index contributed by atoms with van der Waals surface area (Å²) in [6.45, 7) is 5.10. The highest BCUT2D eigenvalue weighted by atomic mass is 16.6. The minimum Gasteiger partial charge on any atom is -0.479 e. The highest BCUT2D eigenvalue weighted by Gasteiger charge is 2.27. The molecule has 0 aliphatic heterocycles. The van der Waals surface area contributed by atoms with Gasteiger partial charge in [0.2, 0.25) is 0 Å². The van der Waals surface area contributed by atoms with Crippen LogP contribution in [0.5, 0.6) is 0 Å². The second-order valence-electron chi connectivity index (χ2n) is 3.74. The van der Waals surface area contributed by atoms with E-state index in [1.807, 2.05) is 0 Å². The van der Waals surface area contributed by atoms with Gasteiger partial charge >= 0.3 is 11.9 Å². The maximum atomic E-state index is 11.2. The summed E-state index contributed by atoms with van der Waals surface area (Å²) in [6.07, 6.45) is -1.56. The molecule has 0 aromatic carbocycles. The highest BCUT2D eigenvalue weighted by molar-refractivity contribution is 5.80. The lowest BCUT2D eigenvalue weighted by Gasteiger charge is -2.17. The maximum Gasteiger partial charge on any atom is 0.345 e. The van der Waals surface area contributed by atoms with Crippen molar-refractivity contribution in [1.82, 2.24) is 0 Å². The molecule has 0 amide bonds. The number of hydrogen-bond donors (Lipinski definition) is 2. The predicted octanol–water partition coefficient (Wildman–Crippen LogP) is 0.800. The molecule has 5 nitrogen and oxygen atoms in total. The summed E-state index contributed by atoms with van der Waals surface area (Å²) in [5.41, 5.74) is 0. The van der Waals surface area contributed by atoms with Crippen LogP contribution in [0.2, 0.25) is 0 Å². The monoisotopic (exact) mass is 218 g/mol. The van der Waals surface area contributed by atoms with Gasteiger partial charge in [0, 0.05) is 0 Å². The Labute approximate surface area is 89.0 Å². The summed E-state index contributed by atoms with van der Waals surface area (Å²) < 4.78 is 4.69. The number of carbonyl (C=O) groups is 2. The largest absolute Gasteiger partial charge is 0.479 e. The van der Waals surface area contributed by atoms with E-state index in [9.17, 15) is 14.7 Å². The molecule has 0 radical (unpaired) electrons. The molecule has 0 fully saturated rings. The molecule has 0 saturated heterocycles. The van der Waals surface area contributed by atoms with Gasteiger partial charge in [-0.05, 0) is 12.3 Å². The van der Waals surface area contributed by atoms with Gasteiger partial charge in [-0.15, -0.1) is 0 Å². The molecule has 0 bridgehead atoms. The van der Waals surface area contributed by atoms with Gasteiger partial charge in [0.05, 0.1) is 0 Å². The van der Waals surface area contributed by atoms with Gasteiger partial charge in [-0.2, -0.15) is 0 Å². The van der Waals surface area contributed by atoms with Crippen molar-refractivity contribution in [2.75, 3.05) is 0 Å². The molecule has 0 aromatic rings. The number of esters is 1. The third-order valence-corrected chi connectivity index (χ3v) is 1.96. The average molecular weight is 218 g/mol. The van der Waals surface area contributed by atoms with Crippen molar-refractivity contribution in [3.8, 4) is 0 Å². The number of carboxylic acids is 1. The highest BCUT2D eigenvalue weighted by Crippen LogP contribution is 2.08. The van der Waals surface area contributed by atoms with Crippen LogP contribution in [-0.4, -0.2) is 34.4 Å². The Morgan fingerprint density at radius 1 is 1.33 bits per heavy atom. The summed E-state index contributed by atoms with van der Waals surface area (Å²) in [7, 11) is 0. The Kier molecular flexibility index (Phi) is 5.93. The SMILES string of the molecule is CCCC(OC(=O)C(O)C(C)C)C(=O)O. The first-order valence-electron chi connectivity index (χ1n) is 5.01. The van der Waals surface area contributed by atoms with Crippen LogP contribution < -0.4 is 0 Å². The maximum absolute atomic E-state index is 11.2. The minimum absolute atomic E-state index is 0.256. The molecule has 0 heterocycles. The lowest BCUT2D eigenvalue weighted by atomic mass is 10.1. The van der Waals surface area contributed by atoms with Crippen LogP contribution in [0.4, 0.5) is 0 Å². The van der Waals surface area contributed by atoms with E-state index in [2.05, 4.69) is 4.74 Å².